The predicted molar refractivity (Wildman–Crippen MR) is 123 cm³/mol. The lowest BCUT2D eigenvalue weighted by Gasteiger charge is -2.09. The number of para-hydroxylation sites is 1. The Labute approximate surface area is 191 Å². The first-order valence-electron chi connectivity index (χ1n) is 10.0. The van der Waals surface area contributed by atoms with E-state index < -0.39 is 15.9 Å². The Kier molecular flexibility index (Phi) is 7.48. The van der Waals surface area contributed by atoms with Gasteiger partial charge in [-0.15, -0.1) is 0 Å². The van der Waals surface area contributed by atoms with Crippen LogP contribution in [-0.2, 0) is 14.8 Å². The van der Waals surface area contributed by atoms with E-state index in [-0.39, 0.29) is 16.3 Å². The van der Waals surface area contributed by atoms with Crippen LogP contribution in [0.4, 0.5) is 11.5 Å². The fourth-order valence-corrected chi connectivity index (χ4v) is 3.76. The summed E-state index contributed by atoms with van der Waals surface area (Å²) in [6.07, 6.45) is 2.27. The average molecular weight is 467 g/mol. The normalized spacial score (nSPS) is 11.5. The Morgan fingerprint density at radius 3 is 2.58 bits per heavy atom. The van der Waals surface area contributed by atoms with E-state index in [1.54, 1.807) is 25.1 Å². The minimum atomic E-state index is -3.88. The second-order valence-corrected chi connectivity index (χ2v) is 8.65. The molecule has 0 aliphatic carbocycles. The van der Waals surface area contributed by atoms with E-state index in [4.69, 9.17) is 9.26 Å². The zero-order chi connectivity index (χ0) is 23.8. The van der Waals surface area contributed by atoms with Crippen molar-refractivity contribution in [3.63, 3.8) is 0 Å². The standard InChI is InChI=1S/C23H22N4O5S/c1-3-12-31-21-7-5-4-6-17(21)14-18(15-24)23(28)25-19-8-10-20(11-9-19)33(29,30)27-22-13-16(2)32-26-22/h4-11,13-14H,3,12H2,1-2H3,(H,25,28)(H,26,27)/b18-14+. The maximum absolute atomic E-state index is 12.6. The lowest BCUT2D eigenvalue weighted by molar-refractivity contribution is -0.112. The Bertz CT molecular complexity index is 1310. The third-order valence-electron chi connectivity index (χ3n) is 4.34. The molecule has 0 spiro atoms. The van der Waals surface area contributed by atoms with E-state index in [0.717, 1.165) is 6.42 Å². The molecule has 1 heterocycles. The first kappa shape index (κ1) is 23.6. The number of anilines is 2. The van der Waals surface area contributed by atoms with Gasteiger partial charge in [0.1, 0.15) is 23.2 Å². The molecule has 0 aliphatic heterocycles. The summed E-state index contributed by atoms with van der Waals surface area (Å²) in [6, 6.07) is 16.0. The molecular weight excluding hydrogens is 444 g/mol. The molecule has 170 valence electrons. The zero-order valence-electron chi connectivity index (χ0n) is 18.0. The van der Waals surface area contributed by atoms with Gasteiger partial charge < -0.3 is 14.6 Å². The van der Waals surface area contributed by atoms with Gasteiger partial charge in [0, 0.05) is 17.3 Å². The number of aryl methyl sites for hydroxylation is 1. The quantitative estimate of drug-likeness (QED) is 0.358. The largest absolute Gasteiger partial charge is 0.493 e. The smallest absolute Gasteiger partial charge is 0.266 e. The second-order valence-electron chi connectivity index (χ2n) is 6.96. The molecule has 2 N–H and O–H groups in total. The molecule has 3 aromatic rings. The van der Waals surface area contributed by atoms with Crippen molar-refractivity contribution in [1.29, 1.82) is 5.26 Å². The first-order valence-corrected chi connectivity index (χ1v) is 11.5. The Morgan fingerprint density at radius 1 is 1.21 bits per heavy atom. The highest BCUT2D eigenvalue weighted by Crippen LogP contribution is 2.22. The van der Waals surface area contributed by atoms with Crippen LogP contribution < -0.4 is 14.8 Å². The van der Waals surface area contributed by atoms with Crippen LogP contribution in [0.2, 0.25) is 0 Å². The third kappa shape index (κ3) is 6.21. The number of nitrogens with one attached hydrogen (secondary N) is 2. The summed E-state index contributed by atoms with van der Waals surface area (Å²) in [7, 11) is -3.88. The van der Waals surface area contributed by atoms with Crippen LogP contribution >= 0.6 is 0 Å². The van der Waals surface area contributed by atoms with Crippen molar-refractivity contribution in [3.05, 3.63) is 71.5 Å². The second kappa shape index (κ2) is 10.5. The van der Waals surface area contributed by atoms with Gasteiger partial charge in [-0.05, 0) is 49.8 Å². The molecule has 1 aromatic heterocycles. The molecule has 0 fully saturated rings. The van der Waals surface area contributed by atoms with E-state index >= 15 is 0 Å². The van der Waals surface area contributed by atoms with Crippen LogP contribution in [0.5, 0.6) is 5.75 Å². The van der Waals surface area contributed by atoms with E-state index in [1.165, 1.54) is 36.4 Å². The van der Waals surface area contributed by atoms with Crippen LogP contribution in [0.1, 0.15) is 24.7 Å². The van der Waals surface area contributed by atoms with Gasteiger partial charge in [0.15, 0.2) is 5.82 Å². The summed E-state index contributed by atoms with van der Waals surface area (Å²) in [5.74, 6) is 0.474. The van der Waals surface area contributed by atoms with Crippen LogP contribution in [0.3, 0.4) is 0 Å². The maximum Gasteiger partial charge on any atom is 0.266 e. The van der Waals surface area contributed by atoms with Crippen LogP contribution in [0, 0.1) is 18.3 Å². The molecule has 0 saturated carbocycles. The molecule has 0 unspecified atom stereocenters. The fourth-order valence-electron chi connectivity index (χ4n) is 2.77. The van der Waals surface area contributed by atoms with Gasteiger partial charge in [-0.2, -0.15) is 5.26 Å². The van der Waals surface area contributed by atoms with Crippen molar-refractivity contribution in [2.24, 2.45) is 0 Å². The molecule has 9 nitrogen and oxygen atoms in total. The van der Waals surface area contributed by atoms with E-state index in [9.17, 15) is 18.5 Å². The molecule has 3 rings (SSSR count). The van der Waals surface area contributed by atoms with Gasteiger partial charge in [-0.3, -0.25) is 9.52 Å². The highest BCUT2D eigenvalue weighted by Gasteiger charge is 2.17. The summed E-state index contributed by atoms with van der Waals surface area (Å²) in [5, 5.41) is 15.7. The minimum absolute atomic E-state index is 0.0285. The topological polar surface area (TPSA) is 134 Å². The molecule has 0 aliphatic rings. The number of nitrogens with zero attached hydrogens (tertiary/aromatic N) is 2. The molecule has 33 heavy (non-hydrogen) atoms. The summed E-state index contributed by atoms with van der Waals surface area (Å²) in [4.78, 5) is 12.6. The van der Waals surface area contributed by atoms with Gasteiger partial charge in [0.05, 0.1) is 11.5 Å². The van der Waals surface area contributed by atoms with Crippen LogP contribution in [0.25, 0.3) is 6.08 Å². The van der Waals surface area contributed by atoms with Crippen molar-refractivity contribution in [3.8, 4) is 11.8 Å². The lowest BCUT2D eigenvalue weighted by Crippen LogP contribution is -2.15. The molecule has 2 aromatic carbocycles. The van der Waals surface area contributed by atoms with Gasteiger partial charge in [-0.25, -0.2) is 8.42 Å². The van der Waals surface area contributed by atoms with Gasteiger partial charge in [-0.1, -0.05) is 30.3 Å². The molecule has 0 bridgehead atoms. The van der Waals surface area contributed by atoms with Crippen LogP contribution in [-0.4, -0.2) is 26.1 Å². The average Bonchev–Trinajstić information content (AvgIpc) is 3.20. The Balaban J connectivity index is 1.73. The van der Waals surface area contributed by atoms with Gasteiger partial charge in [0.2, 0.25) is 0 Å². The molecule has 1 amide bonds. The number of nitriles is 1. The number of carbonyl (C=O) groups is 1. The highest BCUT2D eigenvalue weighted by atomic mass is 32.2. The number of amides is 1. The van der Waals surface area contributed by atoms with Crippen molar-refractivity contribution < 1.29 is 22.5 Å². The number of sulfonamides is 1. The molecule has 0 saturated heterocycles. The van der Waals surface area contributed by atoms with E-state index in [0.29, 0.717) is 29.4 Å². The van der Waals surface area contributed by atoms with Gasteiger partial charge >= 0.3 is 0 Å². The third-order valence-corrected chi connectivity index (χ3v) is 5.71. The molecule has 0 radical (unpaired) electrons. The minimum Gasteiger partial charge on any atom is -0.493 e. The summed E-state index contributed by atoms with van der Waals surface area (Å²) >= 11 is 0. The van der Waals surface area contributed by atoms with Crippen molar-refractivity contribution in [1.82, 2.24) is 5.16 Å². The van der Waals surface area contributed by atoms with E-state index in [1.807, 2.05) is 19.1 Å². The number of rotatable bonds is 9. The lowest BCUT2D eigenvalue weighted by atomic mass is 10.1. The summed E-state index contributed by atoms with van der Waals surface area (Å²) in [5.41, 5.74) is 0.809. The van der Waals surface area contributed by atoms with Crippen molar-refractivity contribution in [2.45, 2.75) is 25.2 Å². The first-order chi connectivity index (χ1) is 15.8. The summed E-state index contributed by atoms with van der Waals surface area (Å²) < 4.78 is 37.7. The molecular formula is C23H22N4O5S. The predicted octanol–water partition coefficient (Wildman–Crippen LogP) is 4.12. The zero-order valence-corrected chi connectivity index (χ0v) is 18.8. The number of carbonyl (C=O) groups excluding carboxylic acids is 1. The SMILES string of the molecule is CCCOc1ccccc1/C=C(\C#N)C(=O)Nc1ccc(S(=O)(=O)Nc2cc(C)on2)cc1. The molecule has 0 atom stereocenters. The monoisotopic (exact) mass is 466 g/mol. The number of aromatic nitrogens is 1. The number of hydrogen-bond donors (Lipinski definition) is 2. The van der Waals surface area contributed by atoms with Crippen LogP contribution in [0.15, 0.2) is 69.6 Å². The maximum atomic E-state index is 12.6. The number of hydrogen-bond acceptors (Lipinski definition) is 7. The fraction of sp³-hybridized carbons (Fsp3) is 0.174. The summed E-state index contributed by atoms with van der Waals surface area (Å²) in [6.45, 7) is 4.14. The van der Waals surface area contributed by atoms with Gasteiger partial charge in [0.25, 0.3) is 15.9 Å². The van der Waals surface area contributed by atoms with Crippen molar-refractivity contribution in [2.75, 3.05) is 16.6 Å². The Hall–Kier alpha value is -4.10. The highest BCUT2D eigenvalue weighted by molar-refractivity contribution is 7.92. The number of ether oxygens (including phenoxy) is 1. The number of benzene rings is 2. The Morgan fingerprint density at radius 2 is 1.94 bits per heavy atom. The molecule has 10 heteroatoms. The van der Waals surface area contributed by atoms with E-state index in [2.05, 4.69) is 15.2 Å². The van der Waals surface area contributed by atoms with Crippen molar-refractivity contribution >= 4 is 33.5 Å².